The summed E-state index contributed by atoms with van der Waals surface area (Å²) in [5, 5.41) is 2.87. The Hall–Kier alpha value is -4.66. The van der Waals surface area contributed by atoms with Crippen molar-refractivity contribution in [1.29, 1.82) is 0 Å². The molecule has 5 rings (SSSR count). The maximum Gasteiger partial charge on any atom is 0.254 e. The Morgan fingerprint density at radius 3 is 2.38 bits per heavy atom. The van der Waals surface area contributed by atoms with E-state index in [-0.39, 0.29) is 30.1 Å². The highest BCUT2D eigenvalue weighted by molar-refractivity contribution is 5.99. The van der Waals surface area contributed by atoms with Crippen LogP contribution >= 0.6 is 0 Å². The van der Waals surface area contributed by atoms with Crippen LogP contribution in [0.25, 0.3) is 16.9 Å². The number of benzene rings is 3. The topological polar surface area (TPSA) is 85.7 Å². The molecule has 200 valence electrons. The first-order chi connectivity index (χ1) is 18.9. The summed E-state index contributed by atoms with van der Waals surface area (Å²) in [5.74, 6) is 0.934. The van der Waals surface area contributed by atoms with Crippen molar-refractivity contribution >= 4 is 17.8 Å². The number of hydrogen-bond donors (Lipinski definition) is 1. The number of halogens is 1. The summed E-state index contributed by atoms with van der Waals surface area (Å²) in [6, 6.07) is 20.2. The lowest BCUT2D eigenvalue weighted by atomic mass is 10.1. The van der Waals surface area contributed by atoms with E-state index in [0.29, 0.717) is 40.9 Å². The number of amides is 2. The Kier molecular flexibility index (Phi) is 7.58. The molecule has 2 amide bonds. The number of ether oxygens (including phenoxy) is 2. The van der Waals surface area contributed by atoms with Crippen molar-refractivity contribution in [1.82, 2.24) is 14.5 Å². The molecular formula is C30H29FN4O4. The van der Waals surface area contributed by atoms with Crippen molar-refractivity contribution < 1.29 is 23.5 Å². The van der Waals surface area contributed by atoms with Crippen molar-refractivity contribution in [2.45, 2.75) is 12.8 Å². The second-order valence-electron chi connectivity index (χ2n) is 9.43. The molecule has 9 heteroatoms. The third-order valence-corrected chi connectivity index (χ3v) is 6.56. The molecule has 1 aliphatic carbocycles. The minimum Gasteiger partial charge on any atom is -0.497 e. The van der Waals surface area contributed by atoms with Crippen LogP contribution in [0, 0.1) is 11.7 Å². The summed E-state index contributed by atoms with van der Waals surface area (Å²) in [6.45, 7) is 0.355. The van der Waals surface area contributed by atoms with Crippen molar-refractivity contribution in [3.63, 3.8) is 0 Å². The number of nitrogens with one attached hydrogen (secondary N) is 1. The van der Waals surface area contributed by atoms with Gasteiger partial charge < -0.3 is 14.4 Å². The minimum absolute atomic E-state index is 0.138. The van der Waals surface area contributed by atoms with Gasteiger partial charge in [-0.1, -0.05) is 6.07 Å². The Morgan fingerprint density at radius 2 is 1.72 bits per heavy atom. The van der Waals surface area contributed by atoms with E-state index in [1.807, 2.05) is 24.3 Å². The minimum atomic E-state index is -0.387. The molecule has 1 fully saturated rings. The van der Waals surface area contributed by atoms with Gasteiger partial charge in [-0.05, 0) is 85.5 Å². The molecular weight excluding hydrogens is 499 g/mol. The van der Waals surface area contributed by atoms with E-state index >= 15 is 0 Å². The monoisotopic (exact) mass is 528 g/mol. The first-order valence-electron chi connectivity index (χ1n) is 12.7. The van der Waals surface area contributed by atoms with Crippen LogP contribution in [0.2, 0.25) is 0 Å². The Morgan fingerprint density at radius 1 is 1.00 bits per heavy atom. The molecule has 0 spiro atoms. The number of carbonyl (C=O) groups is 2. The molecule has 8 nitrogen and oxygen atoms in total. The summed E-state index contributed by atoms with van der Waals surface area (Å²) in [5.41, 5.74) is 2.51. The van der Waals surface area contributed by atoms with Crippen LogP contribution in [0.5, 0.6) is 11.5 Å². The molecule has 1 saturated carbocycles. The van der Waals surface area contributed by atoms with Crippen LogP contribution in [0.3, 0.4) is 0 Å². The summed E-state index contributed by atoms with van der Waals surface area (Å²) in [4.78, 5) is 32.9. The van der Waals surface area contributed by atoms with Crippen LogP contribution in [0.1, 0.15) is 23.2 Å². The normalized spacial score (nSPS) is 12.6. The second-order valence-corrected chi connectivity index (χ2v) is 9.43. The Balaban J connectivity index is 1.40. The molecule has 1 N–H and O–H groups in total. The van der Waals surface area contributed by atoms with E-state index in [9.17, 15) is 14.0 Å². The predicted octanol–water partition coefficient (Wildman–Crippen LogP) is 5.19. The lowest BCUT2D eigenvalue weighted by Crippen LogP contribution is -2.39. The highest BCUT2D eigenvalue weighted by Gasteiger charge is 2.29. The number of methoxy groups -OCH3 is 2. The lowest BCUT2D eigenvalue weighted by Gasteiger charge is -2.22. The van der Waals surface area contributed by atoms with E-state index < -0.39 is 0 Å². The van der Waals surface area contributed by atoms with Crippen molar-refractivity contribution in [3.05, 3.63) is 90.4 Å². The van der Waals surface area contributed by atoms with Crippen LogP contribution in [0.4, 0.5) is 10.3 Å². The lowest BCUT2D eigenvalue weighted by molar-refractivity contribution is -0.117. The smallest absolute Gasteiger partial charge is 0.254 e. The van der Waals surface area contributed by atoms with E-state index in [2.05, 4.69) is 10.3 Å². The van der Waals surface area contributed by atoms with Crippen LogP contribution in [-0.4, -0.2) is 53.6 Å². The molecule has 3 aromatic carbocycles. The molecule has 0 bridgehead atoms. The van der Waals surface area contributed by atoms with Crippen LogP contribution in [0.15, 0.2) is 79.0 Å². The number of rotatable bonds is 10. The molecule has 0 saturated heterocycles. The zero-order valence-electron chi connectivity index (χ0n) is 21.8. The zero-order valence-corrected chi connectivity index (χ0v) is 21.8. The summed E-state index contributed by atoms with van der Waals surface area (Å²) in [7, 11) is 3.14. The van der Waals surface area contributed by atoms with Crippen LogP contribution < -0.4 is 14.8 Å². The number of hydrogen-bond acceptors (Lipinski definition) is 5. The average molecular weight is 529 g/mol. The maximum absolute atomic E-state index is 13.6. The SMILES string of the molecule is COc1ccc(-c2cn(-c3ccc(F)cc3)c(NC(=O)CN(CC3CC3)C(=O)c3cccc(OC)c3)n2)cc1. The van der Waals surface area contributed by atoms with Crippen molar-refractivity contribution in [3.8, 4) is 28.4 Å². The Labute approximate surface area is 226 Å². The number of nitrogens with zero attached hydrogens (tertiary/aromatic N) is 3. The van der Waals surface area contributed by atoms with E-state index in [0.717, 1.165) is 18.4 Å². The molecule has 0 atom stereocenters. The molecule has 0 unspecified atom stereocenters. The standard InChI is InChI=1S/C30H29FN4O4/c1-38-25-14-8-21(9-15-25)27-18-35(24-12-10-23(31)11-13-24)30(32-27)33-28(36)19-34(17-20-6-7-20)29(37)22-4-3-5-26(16-22)39-2/h3-5,8-16,18,20H,6-7,17,19H2,1-2H3,(H,32,33,36). The van der Waals surface area contributed by atoms with Gasteiger partial charge in [0.1, 0.15) is 23.9 Å². The zero-order chi connectivity index (χ0) is 27.4. The van der Waals surface area contributed by atoms with Gasteiger partial charge in [-0.2, -0.15) is 0 Å². The highest BCUT2D eigenvalue weighted by Crippen LogP contribution is 2.31. The van der Waals surface area contributed by atoms with Gasteiger partial charge in [0, 0.05) is 29.6 Å². The largest absolute Gasteiger partial charge is 0.497 e. The van der Waals surface area contributed by atoms with E-state index in [1.54, 1.807) is 66.3 Å². The van der Waals surface area contributed by atoms with Crippen molar-refractivity contribution in [2.24, 2.45) is 5.92 Å². The van der Waals surface area contributed by atoms with Gasteiger partial charge in [-0.15, -0.1) is 0 Å². The van der Waals surface area contributed by atoms with Gasteiger partial charge in [-0.3, -0.25) is 19.5 Å². The van der Waals surface area contributed by atoms with Gasteiger partial charge in [-0.25, -0.2) is 9.37 Å². The number of imidazole rings is 1. The molecule has 1 aliphatic rings. The summed E-state index contributed by atoms with van der Waals surface area (Å²) >= 11 is 0. The van der Waals surface area contributed by atoms with Gasteiger partial charge in [0.05, 0.1) is 19.9 Å². The van der Waals surface area contributed by atoms with E-state index in [1.165, 1.54) is 12.1 Å². The number of carbonyl (C=O) groups excluding carboxylic acids is 2. The number of anilines is 1. The average Bonchev–Trinajstić information content (AvgIpc) is 3.69. The first kappa shape index (κ1) is 26.0. The van der Waals surface area contributed by atoms with Gasteiger partial charge in [0.2, 0.25) is 11.9 Å². The highest BCUT2D eigenvalue weighted by atomic mass is 19.1. The Bertz CT molecular complexity index is 1460. The fourth-order valence-electron chi connectivity index (χ4n) is 4.28. The fraction of sp³-hybridized carbons (Fsp3) is 0.233. The summed E-state index contributed by atoms with van der Waals surface area (Å²) in [6.07, 6.45) is 3.83. The van der Waals surface area contributed by atoms with Crippen LogP contribution in [-0.2, 0) is 4.79 Å². The summed E-state index contributed by atoms with van der Waals surface area (Å²) < 4.78 is 25.8. The molecule has 0 radical (unpaired) electrons. The molecule has 0 aliphatic heterocycles. The quantitative estimate of drug-likeness (QED) is 0.306. The molecule has 1 heterocycles. The third kappa shape index (κ3) is 6.26. The molecule has 4 aromatic rings. The number of aromatic nitrogens is 2. The van der Waals surface area contributed by atoms with Gasteiger partial charge in [0.15, 0.2) is 0 Å². The first-order valence-corrected chi connectivity index (χ1v) is 12.7. The second kappa shape index (κ2) is 11.4. The maximum atomic E-state index is 13.6. The molecule has 1 aromatic heterocycles. The van der Waals surface area contributed by atoms with Gasteiger partial charge >= 0.3 is 0 Å². The fourth-order valence-corrected chi connectivity index (χ4v) is 4.28. The predicted molar refractivity (Wildman–Crippen MR) is 146 cm³/mol. The van der Waals surface area contributed by atoms with E-state index in [4.69, 9.17) is 9.47 Å². The third-order valence-electron chi connectivity index (χ3n) is 6.56. The van der Waals surface area contributed by atoms with Crippen molar-refractivity contribution in [2.75, 3.05) is 32.6 Å². The van der Waals surface area contributed by atoms with Gasteiger partial charge in [0.25, 0.3) is 5.91 Å². The molecule has 39 heavy (non-hydrogen) atoms.